The quantitative estimate of drug-likeness (QED) is 0.0673. The van der Waals surface area contributed by atoms with Crippen LogP contribution in [0.1, 0.15) is 46.5 Å². The fraction of sp³-hybridized carbons (Fsp3) is 0.862. The molecular weight excluding hydrogens is 614 g/mol. The third kappa shape index (κ3) is 10.1. The van der Waals surface area contributed by atoms with Gasteiger partial charge >= 0.3 is 0 Å². The Hall–Kier alpha value is -2.32. The SMILES string of the molecule is CC(=O)CCCCCNC(=O)C1C(C(=O)NCCO[C@@H]2O[C@@H](C)[C@@H](O)[C@@H](O)[C@@H]2O)C1C(=O)NCCO[C@@H]1O[C@@H](C)[C@@H](O)[C@@H](O)[C@@H]1O. The molecule has 0 bridgehead atoms. The van der Waals surface area contributed by atoms with Gasteiger partial charge in [-0.05, 0) is 33.6 Å². The van der Waals surface area contributed by atoms with Gasteiger partial charge in [0.05, 0.1) is 43.2 Å². The predicted molar refractivity (Wildman–Crippen MR) is 155 cm³/mol. The molecule has 3 amide bonds. The van der Waals surface area contributed by atoms with E-state index in [4.69, 9.17) is 18.9 Å². The molecule has 3 aliphatic rings. The van der Waals surface area contributed by atoms with Crippen LogP contribution in [0, 0.1) is 17.8 Å². The summed E-state index contributed by atoms with van der Waals surface area (Å²) in [5.41, 5.74) is 0. The van der Waals surface area contributed by atoms with Crippen LogP contribution in [0.2, 0.25) is 0 Å². The van der Waals surface area contributed by atoms with Crippen molar-refractivity contribution in [3.05, 3.63) is 0 Å². The summed E-state index contributed by atoms with van der Waals surface area (Å²) in [7, 11) is 0. The first kappa shape index (κ1) is 38.1. The number of Topliss-reactive ketones (excluding diaryl/α,β-unsaturated/α-hetero) is 1. The van der Waals surface area contributed by atoms with Gasteiger partial charge in [0.1, 0.15) is 42.4 Å². The first-order valence-electron chi connectivity index (χ1n) is 15.7. The Morgan fingerprint density at radius 2 is 0.957 bits per heavy atom. The summed E-state index contributed by atoms with van der Waals surface area (Å²) in [5, 5.41) is 67.5. The lowest BCUT2D eigenvalue weighted by Crippen LogP contribution is -2.57. The van der Waals surface area contributed by atoms with E-state index in [1.165, 1.54) is 20.8 Å². The summed E-state index contributed by atoms with van der Waals surface area (Å²) < 4.78 is 21.5. The van der Waals surface area contributed by atoms with Crippen molar-refractivity contribution in [3.63, 3.8) is 0 Å². The average molecular weight is 664 g/mol. The van der Waals surface area contributed by atoms with Crippen molar-refractivity contribution in [2.45, 2.75) is 108 Å². The Morgan fingerprint density at radius 1 is 0.565 bits per heavy atom. The zero-order chi connectivity index (χ0) is 34.1. The van der Waals surface area contributed by atoms with Crippen LogP contribution in [0.15, 0.2) is 0 Å². The highest BCUT2D eigenvalue weighted by atomic mass is 16.7. The van der Waals surface area contributed by atoms with Gasteiger partial charge in [-0.25, -0.2) is 0 Å². The summed E-state index contributed by atoms with van der Waals surface area (Å²) in [6.45, 7) is 4.42. The topological polar surface area (TPSA) is 263 Å². The van der Waals surface area contributed by atoms with E-state index >= 15 is 0 Å². The molecule has 3 rings (SSSR count). The molecule has 3 fully saturated rings. The van der Waals surface area contributed by atoms with E-state index in [1.54, 1.807) is 0 Å². The molecule has 0 aromatic heterocycles. The highest BCUT2D eigenvalue weighted by Crippen LogP contribution is 2.47. The summed E-state index contributed by atoms with van der Waals surface area (Å²) in [6, 6.07) is 0. The monoisotopic (exact) mass is 663 g/mol. The number of aliphatic hydroxyl groups is 6. The van der Waals surface area contributed by atoms with Crippen LogP contribution in [-0.4, -0.2) is 148 Å². The van der Waals surface area contributed by atoms with Gasteiger partial charge in [-0.3, -0.25) is 14.4 Å². The van der Waals surface area contributed by atoms with Gasteiger partial charge in [0, 0.05) is 26.1 Å². The second-order valence-corrected chi connectivity index (χ2v) is 12.1. The van der Waals surface area contributed by atoms with Gasteiger partial charge in [0.25, 0.3) is 0 Å². The molecule has 1 aliphatic carbocycles. The van der Waals surface area contributed by atoms with E-state index in [9.17, 15) is 49.8 Å². The van der Waals surface area contributed by atoms with Crippen LogP contribution in [0.25, 0.3) is 0 Å². The average Bonchev–Trinajstić information content (AvgIpc) is 3.77. The molecule has 2 aliphatic heterocycles. The van der Waals surface area contributed by atoms with E-state index in [0.717, 1.165) is 6.42 Å². The first-order valence-corrected chi connectivity index (χ1v) is 15.7. The molecule has 17 heteroatoms. The number of carbonyl (C=O) groups is 4. The molecule has 0 radical (unpaired) electrons. The standard InChI is InChI=1S/C29H49N3O14/c1-13(33)7-5-4-6-8-30-25(40)16-17(26(41)31-9-11-43-28-23(38)21(36)19(34)14(2)45-28)18(16)27(42)32-10-12-44-29-24(39)22(37)20(35)15(3)46-29/h14-24,28-29,34-39H,4-12H2,1-3H3,(H,30,40)(H,31,41)(H,32,42)/t14-,15-,16?,17?,18?,19+,20+,21+,22+,23-,24-,28+,29+/m0/s1. The molecule has 0 spiro atoms. The number of ether oxygens (including phenoxy) is 4. The minimum Gasteiger partial charge on any atom is -0.388 e. The minimum absolute atomic E-state index is 0.0652. The highest BCUT2D eigenvalue weighted by Gasteiger charge is 2.62. The van der Waals surface area contributed by atoms with Crippen LogP contribution in [0.3, 0.4) is 0 Å². The van der Waals surface area contributed by atoms with Crippen molar-refractivity contribution < 1.29 is 68.8 Å². The maximum atomic E-state index is 13.0. The molecule has 12 atom stereocenters. The molecule has 9 N–H and O–H groups in total. The zero-order valence-electron chi connectivity index (χ0n) is 26.3. The van der Waals surface area contributed by atoms with Crippen molar-refractivity contribution >= 4 is 23.5 Å². The van der Waals surface area contributed by atoms with Crippen LogP contribution in [0.5, 0.6) is 0 Å². The van der Waals surface area contributed by atoms with Crippen LogP contribution in [-0.2, 0) is 38.1 Å². The van der Waals surface area contributed by atoms with E-state index < -0.39 is 96.9 Å². The minimum atomic E-state index is -1.51. The Morgan fingerprint density at radius 3 is 1.35 bits per heavy atom. The fourth-order valence-electron chi connectivity index (χ4n) is 5.53. The van der Waals surface area contributed by atoms with Gasteiger partial charge in [-0.15, -0.1) is 0 Å². The predicted octanol–water partition coefficient (Wildman–Crippen LogP) is -3.97. The number of hydrogen-bond acceptors (Lipinski definition) is 14. The molecule has 0 aromatic carbocycles. The first-order chi connectivity index (χ1) is 21.8. The number of carbonyl (C=O) groups excluding carboxylic acids is 4. The lowest BCUT2D eigenvalue weighted by Gasteiger charge is -2.38. The summed E-state index contributed by atoms with van der Waals surface area (Å²) in [4.78, 5) is 50.1. The van der Waals surface area contributed by atoms with Crippen molar-refractivity contribution in [3.8, 4) is 0 Å². The number of hydrogen-bond donors (Lipinski definition) is 9. The van der Waals surface area contributed by atoms with E-state index in [1.807, 2.05) is 0 Å². The molecule has 1 saturated carbocycles. The summed E-state index contributed by atoms with van der Waals surface area (Å²) in [5.74, 6) is -4.43. The summed E-state index contributed by atoms with van der Waals surface area (Å²) >= 11 is 0. The molecule has 2 heterocycles. The Bertz CT molecular complexity index is 975. The largest absolute Gasteiger partial charge is 0.388 e. The van der Waals surface area contributed by atoms with Gasteiger partial charge in [0.2, 0.25) is 17.7 Å². The van der Waals surface area contributed by atoms with Gasteiger partial charge < -0.3 is 70.3 Å². The molecule has 17 nitrogen and oxygen atoms in total. The number of nitrogens with one attached hydrogen (secondary N) is 3. The molecule has 264 valence electrons. The Balaban J connectivity index is 1.48. The number of unbranched alkanes of at least 4 members (excludes halogenated alkanes) is 2. The number of rotatable bonds is 17. The number of ketones is 1. The molecule has 0 aromatic rings. The second-order valence-electron chi connectivity index (χ2n) is 12.1. The molecular formula is C29H49N3O14. The Kier molecular flexibility index (Phi) is 14.7. The fourth-order valence-corrected chi connectivity index (χ4v) is 5.53. The van der Waals surface area contributed by atoms with Crippen molar-refractivity contribution in [2.24, 2.45) is 17.8 Å². The van der Waals surface area contributed by atoms with E-state index in [0.29, 0.717) is 25.8 Å². The second kappa shape index (κ2) is 17.7. The van der Waals surface area contributed by atoms with Crippen LogP contribution in [0.4, 0.5) is 0 Å². The molecule has 2 saturated heterocycles. The van der Waals surface area contributed by atoms with Crippen molar-refractivity contribution in [1.82, 2.24) is 16.0 Å². The number of amides is 3. The van der Waals surface area contributed by atoms with Crippen molar-refractivity contribution in [2.75, 3.05) is 32.8 Å². The third-order valence-electron chi connectivity index (χ3n) is 8.42. The molecule has 46 heavy (non-hydrogen) atoms. The van der Waals surface area contributed by atoms with Crippen molar-refractivity contribution in [1.29, 1.82) is 0 Å². The number of aliphatic hydroxyl groups excluding tert-OH is 6. The third-order valence-corrected chi connectivity index (χ3v) is 8.42. The maximum Gasteiger partial charge on any atom is 0.224 e. The summed E-state index contributed by atoms with van der Waals surface area (Å²) in [6.07, 6.45) is -10.1. The lowest BCUT2D eigenvalue weighted by atomic mass is 10.0. The zero-order valence-corrected chi connectivity index (χ0v) is 26.3. The molecule has 2 unspecified atom stereocenters. The Labute approximate surface area is 266 Å². The van der Waals surface area contributed by atoms with Gasteiger partial charge in [-0.1, -0.05) is 6.42 Å². The van der Waals surface area contributed by atoms with E-state index in [2.05, 4.69) is 16.0 Å². The maximum absolute atomic E-state index is 13.0. The van der Waals surface area contributed by atoms with Crippen LogP contribution >= 0.6 is 0 Å². The highest BCUT2D eigenvalue weighted by molar-refractivity contribution is 6.02. The normalized spacial score (nSPS) is 37.3. The van der Waals surface area contributed by atoms with Gasteiger partial charge in [-0.2, -0.15) is 0 Å². The smallest absolute Gasteiger partial charge is 0.224 e. The van der Waals surface area contributed by atoms with E-state index in [-0.39, 0.29) is 32.1 Å². The lowest BCUT2D eigenvalue weighted by molar-refractivity contribution is -0.292. The van der Waals surface area contributed by atoms with Crippen LogP contribution < -0.4 is 16.0 Å². The van der Waals surface area contributed by atoms with Gasteiger partial charge in [0.15, 0.2) is 12.6 Å².